The summed E-state index contributed by atoms with van der Waals surface area (Å²) < 4.78 is 9.98. The van der Waals surface area contributed by atoms with Gasteiger partial charge in [0.05, 0.1) is 22.5 Å². The first-order chi connectivity index (χ1) is 18.2. The minimum Gasteiger partial charge on any atom is -0.507 e. The Morgan fingerprint density at radius 1 is 0.667 bits per heavy atom. The van der Waals surface area contributed by atoms with Crippen molar-refractivity contribution in [3.05, 3.63) is 83.2 Å². The third-order valence-electron chi connectivity index (χ3n) is 6.28. The minimum atomic E-state index is -1.03. The molecule has 2 fully saturated rings. The lowest BCUT2D eigenvalue weighted by atomic mass is 10.0. The molecule has 0 aromatic heterocycles. The molecule has 204 valence electrons. The summed E-state index contributed by atoms with van der Waals surface area (Å²) in [7, 11) is 0. The molecule has 2 aromatic rings. The van der Waals surface area contributed by atoms with Crippen molar-refractivity contribution in [1.82, 2.24) is 10.6 Å². The predicted octanol–water partition coefficient (Wildman–Crippen LogP) is 0.0699. The van der Waals surface area contributed by atoms with Crippen LogP contribution in [0.2, 0.25) is 0 Å². The maximum atomic E-state index is 11.9. The fraction of sp³-hybridized carbons (Fsp3) is 0.259. The van der Waals surface area contributed by atoms with Gasteiger partial charge >= 0.3 is 0 Å². The summed E-state index contributed by atoms with van der Waals surface area (Å²) in [5.41, 5.74) is 0.331. The summed E-state index contributed by atoms with van der Waals surface area (Å²) in [6, 6.07) is 12.0. The molecule has 2 amide bonds. The molecule has 2 aromatic carbocycles. The summed E-state index contributed by atoms with van der Waals surface area (Å²) in [6.45, 7) is 0. The van der Waals surface area contributed by atoms with Gasteiger partial charge < -0.3 is 40.5 Å². The van der Waals surface area contributed by atoms with Crippen LogP contribution < -0.4 is 10.6 Å². The first kappa shape index (κ1) is 27.7. The number of aliphatic hydroxyl groups is 2. The number of nitrogens with one attached hydrogen (secondary N) is 2. The fourth-order valence-electron chi connectivity index (χ4n) is 4.13. The molecule has 12 nitrogen and oxygen atoms in total. The molecule has 12 heteroatoms. The highest BCUT2D eigenvalue weighted by molar-refractivity contribution is 6.02. The molecule has 2 saturated heterocycles. The van der Waals surface area contributed by atoms with Crippen LogP contribution in [-0.2, 0) is 19.1 Å². The van der Waals surface area contributed by atoms with Gasteiger partial charge in [0.2, 0.25) is 0 Å². The number of phenols is 2. The standard InChI is InChI=1S/2C13H11NO5.CH4/c2*15-8-4-2-1-3-6(8)13(18)14-7-5-9(16)11-12(19-11)10(7)17;/h2*1-5,10-12,15,17H,(H,14,18);1H4/t2*10-,11+,12-;/m10./s1. The Morgan fingerprint density at radius 3 is 1.38 bits per heavy atom. The number of benzene rings is 2. The van der Waals surface area contributed by atoms with Gasteiger partial charge in [0.15, 0.2) is 11.6 Å². The van der Waals surface area contributed by atoms with Crippen LogP contribution in [0.5, 0.6) is 11.5 Å². The average molecular weight is 539 g/mol. The molecule has 2 aliphatic heterocycles. The monoisotopic (exact) mass is 538 g/mol. The zero-order valence-corrected chi connectivity index (χ0v) is 19.5. The van der Waals surface area contributed by atoms with Gasteiger partial charge in [-0.2, -0.15) is 0 Å². The van der Waals surface area contributed by atoms with Crippen LogP contribution in [0.1, 0.15) is 28.1 Å². The summed E-state index contributed by atoms with van der Waals surface area (Å²) in [5, 5.41) is 43.6. The molecule has 6 atom stereocenters. The molecule has 0 saturated carbocycles. The molecular formula is C27H26N2O10. The quantitative estimate of drug-likeness (QED) is 0.290. The second kappa shape index (κ2) is 10.8. The molecule has 2 heterocycles. The molecule has 0 unspecified atom stereocenters. The first-order valence-electron chi connectivity index (χ1n) is 11.5. The van der Waals surface area contributed by atoms with Gasteiger partial charge in [-0.15, -0.1) is 0 Å². The number of ketones is 2. The number of carbonyl (C=O) groups is 4. The number of aromatic hydroxyl groups is 2. The number of epoxide rings is 2. The van der Waals surface area contributed by atoms with E-state index < -0.39 is 48.4 Å². The van der Waals surface area contributed by atoms with E-state index in [0.717, 1.165) is 12.2 Å². The number of para-hydroxylation sites is 2. The van der Waals surface area contributed by atoms with Crippen LogP contribution in [-0.4, -0.2) is 80.4 Å². The zero-order chi connectivity index (χ0) is 27.1. The van der Waals surface area contributed by atoms with Crippen LogP contribution in [0, 0.1) is 0 Å². The maximum Gasteiger partial charge on any atom is 0.259 e. The van der Waals surface area contributed by atoms with E-state index in [4.69, 9.17) is 9.47 Å². The Morgan fingerprint density at radius 2 is 1.03 bits per heavy atom. The Kier molecular flexibility index (Phi) is 7.65. The third-order valence-corrected chi connectivity index (χ3v) is 6.28. The third kappa shape index (κ3) is 5.59. The summed E-state index contributed by atoms with van der Waals surface area (Å²) in [6.07, 6.45) is -2.04. The van der Waals surface area contributed by atoms with Crippen molar-refractivity contribution in [2.75, 3.05) is 0 Å². The first-order valence-corrected chi connectivity index (χ1v) is 11.5. The van der Waals surface area contributed by atoms with Gasteiger partial charge in [-0.3, -0.25) is 19.2 Å². The van der Waals surface area contributed by atoms with Crippen molar-refractivity contribution in [3.63, 3.8) is 0 Å². The lowest BCUT2D eigenvalue weighted by Crippen LogP contribution is -2.37. The van der Waals surface area contributed by atoms with Crippen LogP contribution in [0.25, 0.3) is 0 Å². The van der Waals surface area contributed by atoms with E-state index in [1.807, 2.05) is 0 Å². The van der Waals surface area contributed by atoms with E-state index in [-0.39, 0.29) is 53.0 Å². The highest BCUT2D eigenvalue weighted by atomic mass is 16.6. The van der Waals surface area contributed by atoms with Crippen molar-refractivity contribution in [2.45, 2.75) is 44.1 Å². The van der Waals surface area contributed by atoms with Crippen LogP contribution in [0.15, 0.2) is 72.1 Å². The molecule has 4 aliphatic rings. The normalized spacial score (nSPS) is 27.6. The SMILES string of the molecule is C.O=C(NC1=CC(=O)[C@@H]2O[C@@H]2[C@@H]1O)c1ccccc1O.O=C(NC1=CC(=O)[C@H]2O[C@H]2[C@H]1O)c1ccccc1O. The van der Waals surface area contributed by atoms with Crippen molar-refractivity contribution >= 4 is 23.4 Å². The summed E-state index contributed by atoms with van der Waals surface area (Å²) >= 11 is 0. The van der Waals surface area contributed by atoms with E-state index in [0.29, 0.717) is 0 Å². The molecule has 0 spiro atoms. The van der Waals surface area contributed by atoms with Gasteiger partial charge in [-0.25, -0.2) is 0 Å². The van der Waals surface area contributed by atoms with Crippen molar-refractivity contribution < 1.29 is 49.1 Å². The largest absolute Gasteiger partial charge is 0.507 e. The smallest absolute Gasteiger partial charge is 0.259 e. The molecule has 2 aliphatic carbocycles. The van der Waals surface area contributed by atoms with Gasteiger partial charge in [-0.05, 0) is 24.3 Å². The summed E-state index contributed by atoms with van der Waals surface area (Å²) in [5.74, 6) is -2.06. The van der Waals surface area contributed by atoms with Gasteiger partial charge in [0.25, 0.3) is 11.8 Å². The predicted molar refractivity (Wildman–Crippen MR) is 133 cm³/mol. The Labute approximate surface area is 222 Å². The van der Waals surface area contributed by atoms with Crippen molar-refractivity contribution in [3.8, 4) is 11.5 Å². The lowest BCUT2D eigenvalue weighted by molar-refractivity contribution is -0.116. The number of ether oxygens (including phenoxy) is 2. The van der Waals surface area contributed by atoms with Gasteiger partial charge in [-0.1, -0.05) is 31.7 Å². The van der Waals surface area contributed by atoms with Gasteiger partial charge in [0, 0.05) is 12.2 Å². The van der Waals surface area contributed by atoms with Crippen LogP contribution in [0.4, 0.5) is 0 Å². The Balaban J connectivity index is 0.000000176. The zero-order valence-electron chi connectivity index (χ0n) is 19.5. The summed E-state index contributed by atoms with van der Waals surface area (Å²) in [4.78, 5) is 46.8. The molecule has 0 bridgehead atoms. The highest BCUT2D eigenvalue weighted by Crippen LogP contribution is 2.34. The molecule has 6 N–H and O–H groups in total. The number of carbonyl (C=O) groups excluding carboxylic acids is 4. The molecule has 6 rings (SSSR count). The molecule has 0 radical (unpaired) electrons. The van der Waals surface area contributed by atoms with E-state index >= 15 is 0 Å². The number of aliphatic hydroxyl groups excluding tert-OH is 2. The molecule has 39 heavy (non-hydrogen) atoms. The number of hydrogen-bond donors (Lipinski definition) is 6. The molecular weight excluding hydrogens is 512 g/mol. The topological polar surface area (TPSA) is 198 Å². The van der Waals surface area contributed by atoms with E-state index in [1.54, 1.807) is 24.3 Å². The van der Waals surface area contributed by atoms with Crippen molar-refractivity contribution in [2.24, 2.45) is 0 Å². The fourth-order valence-corrected chi connectivity index (χ4v) is 4.13. The van der Waals surface area contributed by atoms with Crippen LogP contribution >= 0.6 is 0 Å². The van der Waals surface area contributed by atoms with E-state index in [9.17, 15) is 39.6 Å². The minimum absolute atomic E-state index is 0. The van der Waals surface area contributed by atoms with E-state index in [2.05, 4.69) is 10.6 Å². The Bertz CT molecular complexity index is 1290. The maximum absolute atomic E-state index is 11.9. The number of phenolic OH excluding ortho intramolecular Hbond substituents is 2. The number of hydrogen-bond acceptors (Lipinski definition) is 10. The second-order valence-electron chi connectivity index (χ2n) is 8.88. The second-order valence-corrected chi connectivity index (χ2v) is 8.88. The average Bonchev–Trinajstić information content (AvgIpc) is 3.80. The number of amides is 2. The van der Waals surface area contributed by atoms with Gasteiger partial charge in [0.1, 0.15) is 48.1 Å². The van der Waals surface area contributed by atoms with E-state index in [1.165, 1.54) is 24.3 Å². The van der Waals surface area contributed by atoms with Crippen molar-refractivity contribution in [1.29, 1.82) is 0 Å². The van der Waals surface area contributed by atoms with Crippen LogP contribution in [0.3, 0.4) is 0 Å². The Hall–Kier alpha value is -4.36. The highest BCUT2D eigenvalue weighted by Gasteiger charge is 2.54. The number of fused-ring (bicyclic) bond motifs is 2. The lowest BCUT2D eigenvalue weighted by Gasteiger charge is -2.17. The number of rotatable bonds is 4.